The van der Waals surface area contributed by atoms with Gasteiger partial charge in [-0.15, -0.1) is 11.8 Å². The zero-order chi connectivity index (χ0) is 30.9. The molecule has 0 radical (unpaired) electrons. The van der Waals surface area contributed by atoms with E-state index in [-0.39, 0.29) is 57.9 Å². The molecule has 0 spiro atoms. The molecule has 2 saturated carbocycles. The number of rotatable bonds is 9. The van der Waals surface area contributed by atoms with Crippen molar-refractivity contribution in [3.8, 4) is 11.5 Å². The molecule has 9 nitrogen and oxygen atoms in total. The fourth-order valence-electron chi connectivity index (χ4n) is 8.22. The number of likely N-dealkylation sites (tertiary alicyclic amines) is 1. The number of aliphatic carboxylic acids is 1. The third-order valence-electron chi connectivity index (χ3n) is 9.83. The molecule has 4 aliphatic rings. The Morgan fingerprint density at radius 1 is 1.05 bits per heavy atom. The summed E-state index contributed by atoms with van der Waals surface area (Å²) < 4.78 is 11.9. The number of aromatic amines is 1. The molecule has 7 unspecified atom stereocenters. The summed E-state index contributed by atoms with van der Waals surface area (Å²) in [6.45, 7) is 4.18. The van der Waals surface area contributed by atoms with Crippen molar-refractivity contribution in [3.63, 3.8) is 0 Å². The number of thiazole rings is 1. The Hall–Kier alpha value is -3.57. The normalized spacial score (nSPS) is 29.0. The van der Waals surface area contributed by atoms with E-state index in [1.54, 1.807) is 18.9 Å². The number of benzene rings is 2. The molecule has 8 atom stereocenters. The molecule has 2 aliphatic carbocycles. The summed E-state index contributed by atoms with van der Waals surface area (Å²) in [6.07, 6.45) is 0.957. The van der Waals surface area contributed by atoms with Gasteiger partial charge in [0.15, 0.2) is 11.5 Å². The predicted molar refractivity (Wildman–Crippen MR) is 165 cm³/mol. The summed E-state index contributed by atoms with van der Waals surface area (Å²) >= 11 is 2.80. The second-order valence-corrected chi connectivity index (χ2v) is 14.9. The van der Waals surface area contributed by atoms with Crippen LogP contribution in [0.1, 0.15) is 48.6 Å². The van der Waals surface area contributed by atoms with E-state index in [2.05, 4.69) is 4.98 Å². The number of amides is 2. The Bertz CT molecular complexity index is 1680. The summed E-state index contributed by atoms with van der Waals surface area (Å²) in [4.78, 5) is 57.6. The maximum atomic E-state index is 14.0. The molecule has 1 saturated heterocycles. The maximum Gasteiger partial charge on any atom is 0.326 e. The summed E-state index contributed by atoms with van der Waals surface area (Å²) in [7, 11) is 1.60. The zero-order valence-corrected chi connectivity index (χ0v) is 26.2. The molecule has 11 heteroatoms. The average Bonchev–Trinajstić information content (AvgIpc) is 3.74. The van der Waals surface area contributed by atoms with Gasteiger partial charge in [-0.25, -0.2) is 4.79 Å². The van der Waals surface area contributed by atoms with Gasteiger partial charge in [-0.1, -0.05) is 61.6 Å². The van der Waals surface area contributed by atoms with Crippen molar-refractivity contribution in [2.24, 2.45) is 35.5 Å². The highest BCUT2D eigenvalue weighted by Crippen LogP contribution is 2.68. The molecule has 2 aliphatic heterocycles. The number of hydrogen-bond acceptors (Lipinski definition) is 8. The molecular weight excluding hydrogens is 601 g/mol. The Kier molecular flexibility index (Phi) is 7.36. The standard InChI is InChI=1S/C33H34N2O7S2/c1-15(2)11-20(32(38)39)35-30(36)25-18-13-19(26(25)31(35)37)27-24(18)23(28-29(43-27)34-33(40)44-28)17-9-10-21(22(12-17)41-3)42-14-16-7-5-4-6-8-16/h4-10,12,15,18-20,23-27H,11,13-14H2,1-3H3,(H,34,40)(H,38,39)/t18?,19?,20?,23-,24?,25?,26?,27?/m1/s1. The smallest absolute Gasteiger partial charge is 0.326 e. The third-order valence-corrected chi connectivity index (χ3v) is 12.4. The van der Waals surface area contributed by atoms with Gasteiger partial charge in [0, 0.05) is 16.0 Å². The third kappa shape index (κ3) is 4.58. The molecule has 1 aromatic heterocycles. The van der Waals surface area contributed by atoms with Crippen LogP contribution in [-0.2, 0) is 21.0 Å². The van der Waals surface area contributed by atoms with Gasteiger partial charge in [-0.2, -0.15) is 0 Å². The van der Waals surface area contributed by atoms with Crippen LogP contribution in [0.15, 0.2) is 58.4 Å². The lowest BCUT2D eigenvalue weighted by molar-refractivity contribution is -0.156. The largest absolute Gasteiger partial charge is 0.493 e. The molecule has 2 N–H and O–H groups in total. The van der Waals surface area contributed by atoms with Crippen LogP contribution >= 0.6 is 23.1 Å². The van der Waals surface area contributed by atoms with E-state index in [1.807, 2.05) is 62.4 Å². The number of imide groups is 1. The minimum Gasteiger partial charge on any atom is -0.493 e. The number of aromatic nitrogens is 1. The Morgan fingerprint density at radius 2 is 1.77 bits per heavy atom. The summed E-state index contributed by atoms with van der Waals surface area (Å²) in [5.74, 6) is -2.07. The molecule has 3 heterocycles. The van der Waals surface area contributed by atoms with Gasteiger partial charge in [0.1, 0.15) is 12.6 Å². The van der Waals surface area contributed by atoms with Crippen molar-refractivity contribution in [2.45, 2.75) is 55.5 Å². The zero-order valence-electron chi connectivity index (χ0n) is 24.6. The first-order valence-corrected chi connectivity index (χ1v) is 16.7. The van der Waals surface area contributed by atoms with Crippen LogP contribution in [0.2, 0.25) is 0 Å². The minimum atomic E-state index is -1.16. The lowest BCUT2D eigenvalue weighted by Crippen LogP contribution is -2.47. The first-order chi connectivity index (χ1) is 21.2. The molecule has 44 heavy (non-hydrogen) atoms. The van der Waals surface area contributed by atoms with Gasteiger partial charge in [-0.3, -0.25) is 19.3 Å². The monoisotopic (exact) mass is 634 g/mol. The highest BCUT2D eigenvalue weighted by molar-refractivity contribution is 8.00. The Morgan fingerprint density at radius 3 is 2.45 bits per heavy atom. The number of carbonyl (C=O) groups excluding carboxylic acids is 2. The van der Waals surface area contributed by atoms with E-state index in [0.29, 0.717) is 18.1 Å². The van der Waals surface area contributed by atoms with Crippen LogP contribution in [-0.4, -0.2) is 51.2 Å². The Labute approximate surface area is 263 Å². The van der Waals surface area contributed by atoms with Gasteiger partial charge in [0.2, 0.25) is 11.8 Å². The van der Waals surface area contributed by atoms with Gasteiger partial charge in [0.25, 0.3) is 0 Å². The average molecular weight is 635 g/mol. The second kappa shape index (κ2) is 11.1. The van der Waals surface area contributed by atoms with Crippen molar-refractivity contribution >= 4 is 40.9 Å². The molecular formula is C33H34N2O7S2. The van der Waals surface area contributed by atoms with Crippen molar-refractivity contribution in [1.82, 2.24) is 9.88 Å². The van der Waals surface area contributed by atoms with E-state index < -0.39 is 23.8 Å². The molecule has 230 valence electrons. The first-order valence-electron chi connectivity index (χ1n) is 15.0. The molecule has 3 aromatic rings. The second-order valence-electron chi connectivity index (χ2n) is 12.7. The molecule has 2 bridgehead atoms. The van der Waals surface area contributed by atoms with E-state index in [4.69, 9.17) is 9.47 Å². The van der Waals surface area contributed by atoms with Crippen LogP contribution < -0.4 is 14.3 Å². The van der Waals surface area contributed by atoms with E-state index in [1.165, 1.54) is 11.3 Å². The number of nitrogens with zero attached hydrogens (tertiary/aromatic N) is 1. The van der Waals surface area contributed by atoms with E-state index >= 15 is 0 Å². The van der Waals surface area contributed by atoms with Gasteiger partial charge in [-0.05, 0) is 59.8 Å². The number of methoxy groups -OCH3 is 1. The van der Waals surface area contributed by atoms with Crippen molar-refractivity contribution in [2.75, 3.05) is 7.11 Å². The lowest BCUT2D eigenvalue weighted by Gasteiger charge is -2.43. The van der Waals surface area contributed by atoms with Crippen LogP contribution in [0.5, 0.6) is 11.5 Å². The minimum absolute atomic E-state index is 0.00364. The number of hydrogen-bond donors (Lipinski definition) is 2. The van der Waals surface area contributed by atoms with Crippen LogP contribution in [0.4, 0.5) is 0 Å². The van der Waals surface area contributed by atoms with Gasteiger partial charge in [0.05, 0.1) is 24.0 Å². The topological polar surface area (TPSA) is 126 Å². The van der Waals surface area contributed by atoms with E-state index in [9.17, 15) is 24.3 Å². The Balaban J connectivity index is 1.24. The highest BCUT2D eigenvalue weighted by atomic mass is 32.2. The van der Waals surface area contributed by atoms with E-state index in [0.717, 1.165) is 32.4 Å². The molecule has 2 aromatic carbocycles. The first kappa shape index (κ1) is 29.2. The number of carbonyl (C=O) groups is 3. The quantitative estimate of drug-likeness (QED) is 0.315. The molecule has 3 fully saturated rings. The fraction of sp³-hybridized carbons (Fsp3) is 0.455. The summed E-state index contributed by atoms with van der Waals surface area (Å²) in [5, 5.41) is 10.8. The summed E-state index contributed by atoms with van der Waals surface area (Å²) in [6, 6.07) is 14.6. The van der Waals surface area contributed by atoms with Crippen molar-refractivity contribution < 1.29 is 29.0 Å². The summed E-state index contributed by atoms with van der Waals surface area (Å²) in [5.41, 5.74) is 1.99. The van der Waals surface area contributed by atoms with Crippen LogP contribution in [0.25, 0.3) is 0 Å². The number of fused-ring (bicyclic) bond motifs is 9. The van der Waals surface area contributed by atoms with Gasteiger partial charge >= 0.3 is 10.8 Å². The van der Waals surface area contributed by atoms with Crippen molar-refractivity contribution in [3.05, 3.63) is 74.2 Å². The number of thioether (sulfide) groups is 1. The number of ether oxygens (including phenoxy) is 2. The number of H-pyrrole nitrogens is 1. The molecule has 7 rings (SSSR count). The highest BCUT2D eigenvalue weighted by Gasteiger charge is 2.70. The fourth-order valence-corrected chi connectivity index (χ4v) is 11.1. The van der Waals surface area contributed by atoms with Crippen molar-refractivity contribution in [1.29, 1.82) is 0 Å². The van der Waals surface area contributed by atoms with Gasteiger partial charge < -0.3 is 19.6 Å². The molecule has 2 amide bonds. The van der Waals surface area contributed by atoms with Crippen LogP contribution in [0.3, 0.4) is 0 Å². The number of carboxylic acids is 1. The lowest BCUT2D eigenvalue weighted by atomic mass is 9.68. The number of nitrogens with one attached hydrogen (secondary N) is 1. The van der Waals surface area contributed by atoms with Crippen LogP contribution in [0, 0.1) is 35.5 Å². The predicted octanol–water partition coefficient (Wildman–Crippen LogP) is 5.00. The SMILES string of the molecule is COc1cc([C@H]2c3sc(=O)[nH]c3SC3C4CC(C5C(=O)N(C(CC(C)C)C(=O)O)C(=O)C45)C32)ccc1OCc1ccccc1. The number of carboxylic acid groups (broad SMARTS) is 1. The maximum absolute atomic E-state index is 14.0.